The smallest absolute Gasteiger partial charge is 0.0146 e. The molecule has 0 heterocycles. The molecule has 0 saturated carbocycles. The van der Waals surface area contributed by atoms with Crippen LogP contribution in [0.25, 0.3) is 0 Å². The van der Waals surface area contributed by atoms with Gasteiger partial charge in [-0.3, -0.25) is 0 Å². The summed E-state index contributed by atoms with van der Waals surface area (Å²) in [5.41, 5.74) is 6.69. The van der Waals surface area contributed by atoms with Gasteiger partial charge in [0.1, 0.15) is 0 Å². The van der Waals surface area contributed by atoms with Crippen LogP contribution in [0.15, 0.2) is 78.9 Å². The van der Waals surface area contributed by atoms with Crippen molar-refractivity contribution in [3.8, 4) is 0 Å². The average Bonchev–Trinajstić information content (AvgIpc) is 2.63. The first-order chi connectivity index (χ1) is 11.8. The van der Waals surface area contributed by atoms with Gasteiger partial charge < -0.3 is 0 Å². The van der Waals surface area contributed by atoms with E-state index in [0.717, 1.165) is 0 Å². The Morgan fingerprint density at radius 2 is 0.920 bits per heavy atom. The van der Waals surface area contributed by atoms with Crippen LogP contribution in [0.3, 0.4) is 0 Å². The SMILES string of the molecule is Cc1ccc(C(C)(C)c2cccc(C(C)(C)c3ccccc3)c2)cc1. The first-order valence-electron chi connectivity index (χ1n) is 9.05. The molecule has 0 N–H and O–H groups in total. The molecule has 0 aromatic heterocycles. The summed E-state index contributed by atoms with van der Waals surface area (Å²) in [7, 11) is 0. The van der Waals surface area contributed by atoms with Gasteiger partial charge in [0.05, 0.1) is 0 Å². The molecule has 0 aliphatic rings. The van der Waals surface area contributed by atoms with Crippen LogP contribution >= 0.6 is 0 Å². The second-order valence-electron chi connectivity index (χ2n) is 8.06. The maximum atomic E-state index is 2.38. The molecule has 0 nitrogen and oxygen atoms in total. The summed E-state index contributed by atoms with van der Waals surface area (Å²) in [6.07, 6.45) is 0. The Balaban J connectivity index is 2.03. The van der Waals surface area contributed by atoms with Gasteiger partial charge in [0.15, 0.2) is 0 Å². The van der Waals surface area contributed by atoms with E-state index >= 15 is 0 Å². The second-order valence-corrected chi connectivity index (χ2v) is 8.06. The number of benzene rings is 3. The van der Waals surface area contributed by atoms with E-state index < -0.39 is 0 Å². The van der Waals surface area contributed by atoms with Crippen LogP contribution in [0.1, 0.15) is 55.5 Å². The van der Waals surface area contributed by atoms with Gasteiger partial charge in [-0.25, -0.2) is 0 Å². The molecule has 0 saturated heterocycles. The van der Waals surface area contributed by atoms with Crippen molar-refractivity contribution in [2.75, 3.05) is 0 Å². The zero-order valence-electron chi connectivity index (χ0n) is 16.0. The minimum absolute atomic E-state index is 0.0133. The van der Waals surface area contributed by atoms with Crippen LogP contribution in [0.2, 0.25) is 0 Å². The van der Waals surface area contributed by atoms with E-state index in [1.807, 2.05) is 0 Å². The standard InChI is InChI=1S/C25H28/c1-19-14-16-21(17-15-19)25(4,5)23-13-9-12-22(18-23)24(2,3)20-10-7-6-8-11-20/h6-18H,1-5H3. The number of rotatable bonds is 4. The highest BCUT2D eigenvalue weighted by atomic mass is 14.3. The Bertz CT molecular complexity index is 837. The summed E-state index contributed by atoms with van der Waals surface area (Å²) in [5.74, 6) is 0. The normalized spacial score (nSPS) is 12.2. The summed E-state index contributed by atoms with van der Waals surface area (Å²) in [6, 6.07) is 28.8. The zero-order valence-corrected chi connectivity index (χ0v) is 16.0. The molecule has 0 spiro atoms. The van der Waals surface area contributed by atoms with Crippen molar-refractivity contribution in [1.29, 1.82) is 0 Å². The van der Waals surface area contributed by atoms with Gasteiger partial charge in [-0.05, 0) is 29.2 Å². The third-order valence-electron chi connectivity index (χ3n) is 5.57. The van der Waals surface area contributed by atoms with Crippen LogP contribution in [-0.2, 0) is 10.8 Å². The molecular weight excluding hydrogens is 300 g/mol. The molecule has 0 fully saturated rings. The van der Waals surface area contributed by atoms with E-state index in [4.69, 9.17) is 0 Å². The second kappa shape index (κ2) is 6.52. The third-order valence-corrected chi connectivity index (χ3v) is 5.57. The summed E-state index contributed by atoms with van der Waals surface area (Å²) < 4.78 is 0. The van der Waals surface area contributed by atoms with E-state index in [1.165, 1.54) is 27.8 Å². The molecular formula is C25H28. The molecule has 3 rings (SSSR count). The zero-order chi connectivity index (χ0) is 18.1. The van der Waals surface area contributed by atoms with E-state index in [-0.39, 0.29) is 10.8 Å². The molecule has 0 amide bonds. The molecule has 0 aliphatic heterocycles. The average molecular weight is 328 g/mol. The fourth-order valence-electron chi connectivity index (χ4n) is 3.46. The molecule has 0 heteroatoms. The highest BCUT2D eigenvalue weighted by Crippen LogP contribution is 2.36. The fraction of sp³-hybridized carbons (Fsp3) is 0.280. The van der Waals surface area contributed by atoms with E-state index in [0.29, 0.717) is 0 Å². The maximum Gasteiger partial charge on any atom is 0.0146 e. The molecule has 0 bridgehead atoms. The van der Waals surface area contributed by atoms with Gasteiger partial charge in [-0.1, -0.05) is 112 Å². The summed E-state index contributed by atoms with van der Waals surface area (Å²) in [5, 5.41) is 0. The van der Waals surface area contributed by atoms with Crippen LogP contribution in [0, 0.1) is 6.92 Å². The predicted molar refractivity (Wildman–Crippen MR) is 108 cm³/mol. The van der Waals surface area contributed by atoms with E-state index in [1.54, 1.807) is 0 Å². The van der Waals surface area contributed by atoms with Crippen LogP contribution in [-0.4, -0.2) is 0 Å². The largest absolute Gasteiger partial charge is 0.0622 e. The Labute approximate surface area is 152 Å². The maximum absolute atomic E-state index is 2.38. The molecule has 0 aliphatic carbocycles. The van der Waals surface area contributed by atoms with Crippen molar-refractivity contribution in [3.05, 3.63) is 107 Å². The lowest BCUT2D eigenvalue weighted by molar-refractivity contribution is 0.617. The molecule has 0 radical (unpaired) electrons. The summed E-state index contributed by atoms with van der Waals surface area (Å²) in [4.78, 5) is 0. The lowest BCUT2D eigenvalue weighted by Crippen LogP contribution is -2.22. The fourth-order valence-corrected chi connectivity index (χ4v) is 3.46. The number of hydrogen-bond acceptors (Lipinski definition) is 0. The van der Waals surface area contributed by atoms with E-state index in [9.17, 15) is 0 Å². The topological polar surface area (TPSA) is 0 Å². The van der Waals surface area contributed by atoms with Gasteiger partial charge in [0, 0.05) is 10.8 Å². The molecule has 3 aromatic rings. The highest BCUT2D eigenvalue weighted by Gasteiger charge is 2.27. The molecule has 0 unspecified atom stereocenters. The van der Waals surface area contributed by atoms with Crippen molar-refractivity contribution in [2.45, 2.75) is 45.4 Å². The van der Waals surface area contributed by atoms with Gasteiger partial charge in [0.25, 0.3) is 0 Å². The van der Waals surface area contributed by atoms with Crippen molar-refractivity contribution in [2.24, 2.45) is 0 Å². The molecule has 3 aromatic carbocycles. The van der Waals surface area contributed by atoms with Gasteiger partial charge in [0.2, 0.25) is 0 Å². The molecule has 128 valence electrons. The van der Waals surface area contributed by atoms with Crippen LogP contribution in [0.5, 0.6) is 0 Å². The lowest BCUT2D eigenvalue weighted by Gasteiger charge is -2.31. The number of aryl methyl sites for hydroxylation is 1. The van der Waals surface area contributed by atoms with Crippen molar-refractivity contribution < 1.29 is 0 Å². The predicted octanol–water partition coefficient (Wildman–Crippen LogP) is 6.65. The van der Waals surface area contributed by atoms with Gasteiger partial charge in [-0.15, -0.1) is 0 Å². The Morgan fingerprint density at radius 1 is 0.480 bits per heavy atom. The quantitative estimate of drug-likeness (QED) is 0.503. The third kappa shape index (κ3) is 3.39. The molecule has 25 heavy (non-hydrogen) atoms. The van der Waals surface area contributed by atoms with E-state index in [2.05, 4.69) is 113 Å². The summed E-state index contributed by atoms with van der Waals surface area (Å²) >= 11 is 0. The van der Waals surface area contributed by atoms with Crippen LogP contribution < -0.4 is 0 Å². The molecule has 0 atom stereocenters. The van der Waals surface area contributed by atoms with Crippen LogP contribution in [0.4, 0.5) is 0 Å². The Kier molecular flexibility index (Phi) is 4.56. The van der Waals surface area contributed by atoms with Crippen molar-refractivity contribution in [1.82, 2.24) is 0 Å². The van der Waals surface area contributed by atoms with Gasteiger partial charge in [-0.2, -0.15) is 0 Å². The Hall–Kier alpha value is -2.34. The minimum atomic E-state index is -0.0174. The first kappa shape index (κ1) is 17.5. The number of hydrogen-bond donors (Lipinski definition) is 0. The summed E-state index contributed by atoms with van der Waals surface area (Å²) in [6.45, 7) is 11.4. The first-order valence-corrected chi connectivity index (χ1v) is 9.05. The van der Waals surface area contributed by atoms with Crippen molar-refractivity contribution >= 4 is 0 Å². The monoisotopic (exact) mass is 328 g/mol. The lowest BCUT2D eigenvalue weighted by atomic mass is 9.73. The van der Waals surface area contributed by atoms with Gasteiger partial charge >= 0.3 is 0 Å². The van der Waals surface area contributed by atoms with Crippen molar-refractivity contribution in [3.63, 3.8) is 0 Å². The highest BCUT2D eigenvalue weighted by molar-refractivity contribution is 5.44. The minimum Gasteiger partial charge on any atom is -0.0622 e. The Morgan fingerprint density at radius 3 is 1.44 bits per heavy atom.